The van der Waals surface area contributed by atoms with Crippen molar-refractivity contribution in [2.75, 3.05) is 0 Å². The van der Waals surface area contributed by atoms with E-state index in [9.17, 15) is 9.59 Å². The maximum atomic E-state index is 11.7. The summed E-state index contributed by atoms with van der Waals surface area (Å²) in [6, 6.07) is 8.80. The van der Waals surface area contributed by atoms with Gasteiger partial charge in [0.25, 0.3) is 5.91 Å². The molecule has 2 amide bonds. The molecule has 92 valence electrons. The first-order valence-electron chi connectivity index (χ1n) is 5.58. The van der Waals surface area contributed by atoms with Crippen molar-refractivity contribution >= 4 is 11.8 Å². The zero-order chi connectivity index (χ0) is 13.1. The highest BCUT2D eigenvalue weighted by atomic mass is 16.2. The molecule has 0 aromatic heterocycles. The van der Waals surface area contributed by atoms with Crippen molar-refractivity contribution in [3.63, 3.8) is 0 Å². The molecule has 1 unspecified atom stereocenters. The van der Waals surface area contributed by atoms with Gasteiger partial charge >= 0.3 is 0 Å². The van der Waals surface area contributed by atoms with Crippen LogP contribution in [-0.2, 0) is 9.59 Å². The van der Waals surface area contributed by atoms with Crippen molar-refractivity contribution in [2.45, 2.75) is 19.9 Å². The minimum absolute atomic E-state index is 0.205. The second-order valence-electron chi connectivity index (χ2n) is 4.05. The quantitative estimate of drug-likeness (QED) is 0.883. The van der Waals surface area contributed by atoms with E-state index in [0.29, 0.717) is 11.3 Å². The van der Waals surface area contributed by atoms with E-state index in [0.717, 1.165) is 5.56 Å². The molecule has 1 aromatic carbocycles. The standard InChI is InChI=1S/C13H13N3O2/c1-8-11(13(18)16-15-8)12(14-9(2)17)10-6-4-3-5-7-10/h3-7,12H,1-2H3,(H,14,17). The summed E-state index contributed by atoms with van der Waals surface area (Å²) in [5.74, 6) is -0.598. The average Bonchev–Trinajstić information content (AvgIpc) is 2.67. The third-order valence-electron chi connectivity index (χ3n) is 2.68. The molecule has 5 nitrogen and oxygen atoms in total. The van der Waals surface area contributed by atoms with E-state index in [-0.39, 0.29) is 5.91 Å². The van der Waals surface area contributed by atoms with Crippen LogP contribution in [0.1, 0.15) is 25.5 Å². The van der Waals surface area contributed by atoms with Gasteiger partial charge in [-0.3, -0.25) is 9.59 Å². The Morgan fingerprint density at radius 3 is 2.39 bits per heavy atom. The highest BCUT2D eigenvalue weighted by Crippen LogP contribution is 2.29. The molecule has 1 aliphatic heterocycles. The number of azo groups is 1. The van der Waals surface area contributed by atoms with Crippen LogP contribution in [0, 0.1) is 0 Å². The Morgan fingerprint density at radius 1 is 1.22 bits per heavy atom. The van der Waals surface area contributed by atoms with E-state index in [4.69, 9.17) is 0 Å². The van der Waals surface area contributed by atoms with Crippen LogP contribution in [0.5, 0.6) is 0 Å². The summed E-state index contributed by atoms with van der Waals surface area (Å²) in [5.41, 5.74) is 1.81. The Hall–Kier alpha value is -2.30. The number of amides is 2. The number of nitrogens with one attached hydrogen (secondary N) is 1. The molecule has 0 radical (unpaired) electrons. The Morgan fingerprint density at radius 2 is 1.89 bits per heavy atom. The first-order valence-corrected chi connectivity index (χ1v) is 5.58. The number of rotatable bonds is 3. The van der Waals surface area contributed by atoms with Gasteiger partial charge in [-0.25, -0.2) is 0 Å². The lowest BCUT2D eigenvalue weighted by molar-refractivity contribution is -0.119. The van der Waals surface area contributed by atoms with E-state index in [1.807, 2.05) is 30.3 Å². The van der Waals surface area contributed by atoms with Crippen LogP contribution in [0.4, 0.5) is 0 Å². The van der Waals surface area contributed by atoms with E-state index in [1.165, 1.54) is 6.92 Å². The predicted octanol–water partition coefficient (Wildman–Crippen LogP) is 2.13. The summed E-state index contributed by atoms with van der Waals surface area (Å²) in [5, 5.41) is 10.0. The van der Waals surface area contributed by atoms with Crippen molar-refractivity contribution in [2.24, 2.45) is 10.2 Å². The van der Waals surface area contributed by atoms with E-state index in [2.05, 4.69) is 15.5 Å². The molecular formula is C13H13N3O2. The molecule has 0 saturated carbocycles. The average molecular weight is 243 g/mol. The molecular weight excluding hydrogens is 230 g/mol. The first kappa shape index (κ1) is 12.2. The zero-order valence-corrected chi connectivity index (χ0v) is 10.2. The number of hydrogen-bond acceptors (Lipinski definition) is 3. The summed E-state index contributed by atoms with van der Waals surface area (Å²) in [4.78, 5) is 23.0. The molecule has 2 rings (SSSR count). The lowest BCUT2D eigenvalue weighted by atomic mass is 9.97. The van der Waals surface area contributed by atoms with Crippen LogP contribution in [0.15, 0.2) is 51.8 Å². The molecule has 18 heavy (non-hydrogen) atoms. The minimum Gasteiger partial charge on any atom is -0.345 e. The summed E-state index contributed by atoms with van der Waals surface area (Å²) in [7, 11) is 0. The Labute approximate surface area is 105 Å². The van der Waals surface area contributed by atoms with Crippen molar-refractivity contribution in [3.05, 3.63) is 47.2 Å². The summed E-state index contributed by atoms with van der Waals surface area (Å²) >= 11 is 0. The number of benzene rings is 1. The molecule has 1 N–H and O–H groups in total. The number of carbonyl (C=O) groups is 2. The van der Waals surface area contributed by atoms with Crippen molar-refractivity contribution < 1.29 is 9.59 Å². The van der Waals surface area contributed by atoms with Crippen LogP contribution >= 0.6 is 0 Å². The summed E-state index contributed by atoms with van der Waals surface area (Å²) in [6.07, 6.45) is 0. The van der Waals surface area contributed by atoms with Crippen LogP contribution in [0.2, 0.25) is 0 Å². The largest absolute Gasteiger partial charge is 0.345 e. The molecule has 1 aliphatic rings. The van der Waals surface area contributed by atoms with Crippen molar-refractivity contribution in [3.8, 4) is 0 Å². The summed E-state index contributed by atoms with van der Waals surface area (Å²) < 4.78 is 0. The predicted molar refractivity (Wildman–Crippen MR) is 65.6 cm³/mol. The molecule has 0 bridgehead atoms. The lowest BCUT2D eigenvalue weighted by Gasteiger charge is -2.18. The summed E-state index contributed by atoms with van der Waals surface area (Å²) in [6.45, 7) is 3.13. The van der Waals surface area contributed by atoms with E-state index >= 15 is 0 Å². The molecule has 5 heteroatoms. The first-order chi connectivity index (χ1) is 8.59. The van der Waals surface area contributed by atoms with Gasteiger partial charge < -0.3 is 5.32 Å². The van der Waals surface area contributed by atoms with Gasteiger partial charge in [0.05, 0.1) is 17.3 Å². The molecule has 0 aliphatic carbocycles. The van der Waals surface area contributed by atoms with Gasteiger partial charge in [0.2, 0.25) is 5.91 Å². The van der Waals surface area contributed by atoms with E-state index in [1.54, 1.807) is 6.92 Å². The Balaban J connectivity index is 2.42. The number of carbonyl (C=O) groups excluding carboxylic acids is 2. The van der Waals surface area contributed by atoms with Crippen LogP contribution in [0.25, 0.3) is 0 Å². The van der Waals surface area contributed by atoms with Gasteiger partial charge in [-0.05, 0) is 12.5 Å². The van der Waals surface area contributed by atoms with Gasteiger partial charge in [0.15, 0.2) is 0 Å². The smallest absolute Gasteiger partial charge is 0.295 e. The molecule has 0 saturated heterocycles. The Bertz CT molecular complexity index is 547. The third kappa shape index (κ3) is 2.34. The molecule has 1 atom stereocenters. The fourth-order valence-electron chi connectivity index (χ4n) is 1.89. The Kier molecular flexibility index (Phi) is 3.32. The highest BCUT2D eigenvalue weighted by molar-refractivity contribution is 5.98. The number of nitrogens with zero attached hydrogens (tertiary/aromatic N) is 2. The second-order valence-corrected chi connectivity index (χ2v) is 4.05. The van der Waals surface area contributed by atoms with Crippen molar-refractivity contribution in [1.29, 1.82) is 0 Å². The number of hydrogen-bond donors (Lipinski definition) is 1. The number of allylic oxidation sites excluding steroid dienone is 1. The van der Waals surface area contributed by atoms with Gasteiger partial charge in [0, 0.05) is 6.92 Å². The monoisotopic (exact) mass is 243 g/mol. The van der Waals surface area contributed by atoms with Gasteiger partial charge in [-0.15, -0.1) is 5.11 Å². The third-order valence-corrected chi connectivity index (χ3v) is 2.68. The zero-order valence-electron chi connectivity index (χ0n) is 10.2. The molecule has 0 fully saturated rings. The van der Waals surface area contributed by atoms with Crippen molar-refractivity contribution in [1.82, 2.24) is 5.32 Å². The normalized spacial score (nSPS) is 16.0. The maximum absolute atomic E-state index is 11.7. The van der Waals surface area contributed by atoms with Crippen LogP contribution in [0.3, 0.4) is 0 Å². The van der Waals surface area contributed by atoms with Gasteiger partial charge in [-0.1, -0.05) is 30.3 Å². The SMILES string of the molecule is CC(=O)NC(C1=C(C)N=NC1=O)c1ccccc1. The van der Waals surface area contributed by atoms with Crippen LogP contribution < -0.4 is 5.32 Å². The highest BCUT2D eigenvalue weighted by Gasteiger charge is 2.29. The topological polar surface area (TPSA) is 70.9 Å². The molecule has 0 spiro atoms. The molecule has 1 heterocycles. The fraction of sp³-hybridized carbons (Fsp3) is 0.231. The van der Waals surface area contributed by atoms with Gasteiger partial charge in [-0.2, -0.15) is 5.11 Å². The maximum Gasteiger partial charge on any atom is 0.295 e. The van der Waals surface area contributed by atoms with Crippen LogP contribution in [-0.4, -0.2) is 11.8 Å². The minimum atomic E-state index is -0.494. The lowest BCUT2D eigenvalue weighted by Crippen LogP contribution is -2.29. The second kappa shape index (κ2) is 4.91. The van der Waals surface area contributed by atoms with Gasteiger partial charge in [0.1, 0.15) is 0 Å². The molecule has 1 aromatic rings. The fourth-order valence-corrected chi connectivity index (χ4v) is 1.89. The van der Waals surface area contributed by atoms with E-state index < -0.39 is 11.9 Å².